The van der Waals surface area contributed by atoms with Crippen LogP contribution in [0.5, 0.6) is 0 Å². The quantitative estimate of drug-likeness (QED) is 0.824. The monoisotopic (exact) mass is 308 g/mol. The number of anilines is 1. The van der Waals surface area contributed by atoms with Crippen molar-refractivity contribution in [2.45, 2.75) is 38.6 Å². The molecule has 5 nitrogen and oxygen atoms in total. The minimum Gasteiger partial charge on any atom is -0.379 e. The van der Waals surface area contributed by atoms with Crippen LogP contribution in [0.25, 0.3) is 0 Å². The fourth-order valence-corrected chi connectivity index (χ4v) is 3.84. The van der Waals surface area contributed by atoms with Crippen molar-refractivity contribution in [3.05, 3.63) is 16.0 Å². The van der Waals surface area contributed by atoms with E-state index in [-0.39, 0.29) is 11.9 Å². The normalized spacial score (nSPS) is 15.1. The summed E-state index contributed by atoms with van der Waals surface area (Å²) in [6, 6.07) is 2.50. The van der Waals surface area contributed by atoms with Crippen LogP contribution < -0.4 is 10.6 Å². The molecular weight excluding hydrogens is 286 g/mol. The predicted molar refractivity (Wildman–Crippen MR) is 82.4 cm³/mol. The average Bonchev–Trinajstić information content (AvgIpc) is 2.82. The number of carbonyl (C=O) groups excluding carboxylic acids is 1. The van der Waals surface area contributed by atoms with Crippen LogP contribution in [0.4, 0.5) is 5.00 Å². The third kappa shape index (κ3) is 4.03. The summed E-state index contributed by atoms with van der Waals surface area (Å²) in [6.45, 7) is 2.98. The second kappa shape index (κ2) is 7.55. The zero-order valence-corrected chi connectivity index (χ0v) is 13.4. The predicted octanol–water partition coefficient (Wildman–Crippen LogP) is 1.04. The molecule has 1 aromatic heterocycles. The van der Waals surface area contributed by atoms with Crippen molar-refractivity contribution in [3.8, 4) is 6.07 Å². The number of thiophene rings is 1. The topological polar surface area (TPSA) is 78.7 Å². The molecule has 0 aliphatic heterocycles. The number of nitrogens with zero attached hydrogens (tertiary/aromatic N) is 1. The van der Waals surface area contributed by atoms with Gasteiger partial charge in [-0.05, 0) is 38.2 Å². The maximum Gasteiger partial charge on any atom is 0.280 e. The lowest BCUT2D eigenvalue weighted by atomic mass is 9.96. The summed E-state index contributed by atoms with van der Waals surface area (Å²) < 4.78 is 5.04. The Labute approximate surface area is 129 Å². The van der Waals surface area contributed by atoms with E-state index in [9.17, 15) is 10.1 Å². The number of amides is 1. The van der Waals surface area contributed by atoms with Crippen LogP contribution in [0.15, 0.2) is 0 Å². The zero-order chi connectivity index (χ0) is 15.2. The molecule has 114 valence electrons. The van der Waals surface area contributed by atoms with Crippen LogP contribution in [-0.4, -0.2) is 32.2 Å². The van der Waals surface area contributed by atoms with Gasteiger partial charge in [0.15, 0.2) is 6.54 Å². The van der Waals surface area contributed by atoms with E-state index in [1.807, 2.05) is 12.2 Å². The van der Waals surface area contributed by atoms with Crippen molar-refractivity contribution in [1.29, 1.82) is 5.26 Å². The minimum absolute atomic E-state index is 0.0620. The van der Waals surface area contributed by atoms with Gasteiger partial charge in [-0.2, -0.15) is 5.26 Å². The van der Waals surface area contributed by atoms with Gasteiger partial charge >= 0.3 is 0 Å². The lowest BCUT2D eigenvalue weighted by molar-refractivity contribution is -0.677. The van der Waals surface area contributed by atoms with Gasteiger partial charge in [0.1, 0.15) is 17.1 Å². The molecule has 0 unspecified atom stereocenters. The van der Waals surface area contributed by atoms with Gasteiger partial charge < -0.3 is 15.4 Å². The van der Waals surface area contributed by atoms with E-state index >= 15 is 0 Å². The summed E-state index contributed by atoms with van der Waals surface area (Å²) >= 11 is 1.57. The number of methoxy groups -OCH3 is 1. The summed E-state index contributed by atoms with van der Waals surface area (Å²) in [4.78, 5) is 13.3. The third-order valence-corrected chi connectivity index (χ3v) is 4.88. The standard InChI is InChI=1S/C15H21N3O2S/c1-10(9-20-2)17-8-14(19)18-15-12(7-16)11-5-3-4-6-13(11)21-15/h10,17H,3-6,8-9H2,1-2H3,(H,18,19)/p+1/t10-/m1/s1. The molecule has 0 aromatic carbocycles. The first-order chi connectivity index (χ1) is 10.2. The van der Waals surface area contributed by atoms with Gasteiger partial charge in [-0.3, -0.25) is 4.79 Å². The molecule has 1 heterocycles. The van der Waals surface area contributed by atoms with Gasteiger partial charge in [0.05, 0.1) is 12.2 Å². The summed E-state index contributed by atoms with van der Waals surface area (Å²) in [5.41, 5.74) is 1.83. The Kier molecular flexibility index (Phi) is 5.74. The van der Waals surface area contributed by atoms with E-state index in [0.717, 1.165) is 29.8 Å². The van der Waals surface area contributed by atoms with Crippen molar-refractivity contribution < 1.29 is 14.8 Å². The van der Waals surface area contributed by atoms with E-state index in [4.69, 9.17) is 4.74 Å². The number of aryl methyl sites for hydroxylation is 1. The zero-order valence-electron chi connectivity index (χ0n) is 12.6. The van der Waals surface area contributed by atoms with E-state index < -0.39 is 0 Å². The van der Waals surface area contributed by atoms with Crippen molar-refractivity contribution in [2.24, 2.45) is 0 Å². The number of nitriles is 1. The fraction of sp³-hybridized carbons (Fsp3) is 0.600. The molecule has 0 fully saturated rings. The molecule has 0 saturated carbocycles. The highest BCUT2D eigenvalue weighted by atomic mass is 32.1. The number of carbonyl (C=O) groups is 1. The van der Waals surface area contributed by atoms with Gasteiger partial charge in [0, 0.05) is 12.0 Å². The molecule has 2 rings (SSSR count). The molecule has 1 amide bonds. The van der Waals surface area contributed by atoms with Crippen LogP contribution >= 0.6 is 11.3 Å². The molecule has 1 aliphatic rings. The van der Waals surface area contributed by atoms with E-state index in [0.29, 0.717) is 18.7 Å². The smallest absolute Gasteiger partial charge is 0.280 e. The van der Waals surface area contributed by atoms with Crippen LogP contribution in [-0.2, 0) is 22.4 Å². The van der Waals surface area contributed by atoms with Crippen LogP contribution in [0, 0.1) is 11.3 Å². The van der Waals surface area contributed by atoms with Crippen LogP contribution in [0.1, 0.15) is 35.8 Å². The minimum atomic E-state index is -0.0620. The van der Waals surface area contributed by atoms with E-state index in [2.05, 4.69) is 11.4 Å². The molecule has 1 atom stereocenters. The lowest BCUT2D eigenvalue weighted by Crippen LogP contribution is -2.92. The van der Waals surface area contributed by atoms with Crippen molar-refractivity contribution in [3.63, 3.8) is 0 Å². The van der Waals surface area contributed by atoms with Crippen molar-refractivity contribution in [2.75, 3.05) is 25.6 Å². The molecule has 0 saturated heterocycles. The highest BCUT2D eigenvalue weighted by Gasteiger charge is 2.22. The molecule has 1 aromatic rings. The second-order valence-electron chi connectivity index (χ2n) is 5.45. The first-order valence-electron chi connectivity index (χ1n) is 7.32. The highest BCUT2D eigenvalue weighted by Crippen LogP contribution is 2.37. The van der Waals surface area contributed by atoms with Crippen LogP contribution in [0.2, 0.25) is 0 Å². The Hall–Kier alpha value is -1.42. The van der Waals surface area contributed by atoms with Crippen LogP contribution in [0.3, 0.4) is 0 Å². The maximum atomic E-state index is 12.0. The Morgan fingerprint density at radius 1 is 1.52 bits per heavy atom. The van der Waals surface area contributed by atoms with Gasteiger partial charge in [-0.1, -0.05) is 0 Å². The van der Waals surface area contributed by atoms with Gasteiger partial charge in [0.25, 0.3) is 5.91 Å². The SMILES string of the molecule is COC[C@@H](C)[NH2+]CC(=O)Nc1sc2c(c1C#N)CCCC2. The Bertz CT molecular complexity index is 548. The molecule has 21 heavy (non-hydrogen) atoms. The Morgan fingerprint density at radius 3 is 3.00 bits per heavy atom. The number of nitrogens with one attached hydrogen (secondary N) is 1. The number of rotatable bonds is 6. The highest BCUT2D eigenvalue weighted by molar-refractivity contribution is 7.16. The Morgan fingerprint density at radius 2 is 2.29 bits per heavy atom. The van der Waals surface area contributed by atoms with Gasteiger partial charge in [0.2, 0.25) is 0 Å². The van der Waals surface area contributed by atoms with Gasteiger partial charge in [-0.25, -0.2) is 0 Å². The molecular formula is C15H22N3O2S+. The average molecular weight is 308 g/mol. The number of nitrogens with two attached hydrogens (primary N) is 1. The summed E-state index contributed by atoms with van der Waals surface area (Å²) in [7, 11) is 1.65. The lowest BCUT2D eigenvalue weighted by Gasteiger charge is -2.09. The maximum absolute atomic E-state index is 12.0. The molecule has 3 N–H and O–H groups in total. The first-order valence-corrected chi connectivity index (χ1v) is 8.14. The molecule has 6 heteroatoms. The first kappa shape index (κ1) is 16.0. The largest absolute Gasteiger partial charge is 0.379 e. The van der Waals surface area contributed by atoms with E-state index in [1.54, 1.807) is 18.4 Å². The molecule has 0 spiro atoms. The number of hydrogen-bond donors (Lipinski definition) is 2. The van der Waals surface area contributed by atoms with Gasteiger partial charge in [-0.15, -0.1) is 11.3 Å². The molecule has 0 bridgehead atoms. The fourth-order valence-electron chi connectivity index (χ4n) is 2.59. The molecule has 1 aliphatic carbocycles. The van der Waals surface area contributed by atoms with Crippen molar-refractivity contribution in [1.82, 2.24) is 0 Å². The number of quaternary nitrogens is 1. The third-order valence-electron chi connectivity index (χ3n) is 3.67. The van der Waals surface area contributed by atoms with Crippen molar-refractivity contribution >= 4 is 22.2 Å². The summed E-state index contributed by atoms with van der Waals surface area (Å²) in [5, 5.41) is 14.9. The number of hydrogen-bond acceptors (Lipinski definition) is 4. The summed E-state index contributed by atoms with van der Waals surface area (Å²) in [6.07, 6.45) is 4.30. The number of fused-ring (bicyclic) bond motifs is 1. The number of ether oxygens (including phenoxy) is 1. The summed E-state index contributed by atoms with van der Waals surface area (Å²) in [5.74, 6) is -0.0620. The second-order valence-corrected chi connectivity index (χ2v) is 6.55. The molecule has 0 radical (unpaired) electrons. The van der Waals surface area contributed by atoms with E-state index in [1.165, 1.54) is 11.3 Å². The Balaban J connectivity index is 1.98.